The normalized spacial score (nSPS) is 18.2. The Kier molecular flexibility index (Phi) is 8.05. The van der Waals surface area contributed by atoms with Crippen molar-refractivity contribution in [2.45, 2.75) is 49.8 Å². The Bertz CT molecular complexity index is 1620. The first-order chi connectivity index (χ1) is 20.2. The Hall–Kier alpha value is -3.33. The van der Waals surface area contributed by atoms with Crippen molar-refractivity contribution >= 4 is 44.3 Å². The number of ether oxygens (including phenoxy) is 2. The van der Waals surface area contributed by atoms with Crippen molar-refractivity contribution in [2.24, 2.45) is 0 Å². The number of nitrogens with zero attached hydrogens (tertiary/aromatic N) is 3. The van der Waals surface area contributed by atoms with Crippen LogP contribution in [0.1, 0.15) is 52.5 Å². The van der Waals surface area contributed by atoms with Crippen molar-refractivity contribution in [3.8, 4) is 5.75 Å². The molecule has 2 fully saturated rings. The number of aromatic nitrogens is 2. The number of hydrogen-bond acceptors (Lipinski definition) is 5. The van der Waals surface area contributed by atoms with Gasteiger partial charge in [-0.15, -0.1) is 0 Å². The van der Waals surface area contributed by atoms with Crippen LogP contribution in [0.2, 0.25) is 5.02 Å². The zero-order valence-corrected chi connectivity index (χ0v) is 24.6. The fraction of sp³-hybridized carbons (Fsp3) is 0.355. The first-order valence-corrected chi connectivity index (χ1v) is 14.8. The monoisotopic (exact) mass is 587 g/mol. The van der Waals surface area contributed by atoms with Crippen molar-refractivity contribution < 1.29 is 23.8 Å². The number of benzene rings is 3. The number of carbonyl (C=O) groups is 1. The molecule has 1 atom stereocenters. The van der Waals surface area contributed by atoms with E-state index in [0.29, 0.717) is 23.0 Å². The van der Waals surface area contributed by atoms with E-state index in [0.717, 1.165) is 67.1 Å². The molecule has 0 amide bonds. The van der Waals surface area contributed by atoms with Crippen LogP contribution in [0.5, 0.6) is 5.75 Å². The van der Waals surface area contributed by atoms with Gasteiger partial charge in [0.2, 0.25) is 0 Å². The van der Waals surface area contributed by atoms with E-state index in [2.05, 4.69) is 31.2 Å². The Balaban J connectivity index is 1.20. The molecule has 6 rings (SSSR count). The Morgan fingerprint density at radius 3 is 2.57 bits per heavy atom. The molecule has 7 nitrogen and oxygen atoms in total. The summed E-state index contributed by atoms with van der Waals surface area (Å²) in [6, 6.07) is 17.8. The second-order valence-electron chi connectivity index (χ2n) is 11.7. The minimum absolute atomic E-state index is 0.106. The minimum atomic E-state index is -0.949. The lowest BCUT2D eigenvalue weighted by Crippen LogP contribution is -2.52. The van der Waals surface area contributed by atoms with E-state index in [9.17, 15) is 14.3 Å². The van der Waals surface area contributed by atoms with Gasteiger partial charge in [-0.25, -0.2) is 14.2 Å². The van der Waals surface area contributed by atoms with Crippen LogP contribution in [-0.2, 0) is 23.2 Å². The summed E-state index contributed by atoms with van der Waals surface area (Å²) in [5, 5.41) is 9.58. The summed E-state index contributed by atoms with van der Waals surface area (Å²) in [4.78, 5) is 19.2. The molecule has 0 unspecified atom stereocenters. The molecule has 2 aliphatic rings. The average Bonchev–Trinajstić information content (AvgIpc) is 3.33. The Morgan fingerprint density at radius 1 is 1.12 bits per heavy atom. The molecule has 0 radical (unpaired) electrons. The third-order valence-corrected chi connectivity index (χ3v) is 9.00. The maximum atomic E-state index is 14.3. The van der Waals surface area contributed by atoms with E-state index in [1.807, 2.05) is 18.2 Å². The lowest BCUT2D eigenvalue weighted by Gasteiger charge is -2.43. The number of halogens is 2. The summed E-state index contributed by atoms with van der Waals surface area (Å²) in [7, 11) is 4.39. The van der Waals surface area contributed by atoms with Crippen LogP contribution in [0, 0.1) is 5.82 Å². The number of hydrogen-bond donors (Lipinski definition) is 1. The van der Waals surface area contributed by atoms with Crippen LogP contribution in [0.15, 0.2) is 60.7 Å². The minimum Gasteiger partial charge on any atom is -0.489 e. The van der Waals surface area contributed by atoms with Gasteiger partial charge < -0.3 is 24.0 Å². The molecule has 4 aromatic rings. The number of fused-ring (bicyclic) bond motifs is 1. The molecule has 11 heteroatoms. The molecule has 0 bridgehead atoms. The standard InChI is InChI=1S/C31H33B2ClFN3O4/c32-31(33,30-36-26-8-6-20(29(39)40)15-27(26)38(30)17-23-11-14-41-23)37-12-9-19(10-13-37)24-3-1-2-4-28(24)42-18-21-5-7-22(34)16-25(21)35/h1-8,15-16,19,23H,9-14,17-18,32-33H2,(H,39,40)/t23-/m0/s1. The van der Waals surface area contributed by atoms with E-state index in [1.54, 1.807) is 30.3 Å². The number of carboxylic acid groups (broad SMARTS) is 1. The van der Waals surface area contributed by atoms with E-state index < -0.39 is 5.97 Å². The second-order valence-corrected chi connectivity index (χ2v) is 12.2. The molecule has 3 heterocycles. The zero-order chi connectivity index (χ0) is 29.4. The molecular weight excluding hydrogens is 554 g/mol. The van der Waals surface area contributed by atoms with Gasteiger partial charge in [0, 0.05) is 22.5 Å². The summed E-state index contributed by atoms with van der Waals surface area (Å²) in [5.74, 6) is 0.687. The predicted molar refractivity (Wildman–Crippen MR) is 166 cm³/mol. The molecule has 216 valence electrons. The number of aromatic carboxylic acids is 1. The number of imidazole rings is 1. The highest BCUT2D eigenvalue weighted by Gasteiger charge is 2.37. The largest absolute Gasteiger partial charge is 0.489 e. The van der Waals surface area contributed by atoms with E-state index >= 15 is 0 Å². The quantitative estimate of drug-likeness (QED) is 0.297. The van der Waals surface area contributed by atoms with Crippen LogP contribution >= 0.6 is 11.6 Å². The van der Waals surface area contributed by atoms with E-state index in [1.165, 1.54) is 6.07 Å². The summed E-state index contributed by atoms with van der Waals surface area (Å²) < 4.78 is 28.4. The maximum absolute atomic E-state index is 14.3. The van der Waals surface area contributed by atoms with Crippen LogP contribution in [-0.4, -0.2) is 67.0 Å². The number of piperidine rings is 1. The maximum Gasteiger partial charge on any atom is 0.335 e. The summed E-state index contributed by atoms with van der Waals surface area (Å²) in [6.45, 7) is 3.26. The van der Waals surface area contributed by atoms with Gasteiger partial charge in [0.25, 0.3) is 0 Å². The van der Waals surface area contributed by atoms with Gasteiger partial charge in [-0.3, -0.25) is 0 Å². The molecule has 1 aromatic heterocycles. The highest BCUT2D eigenvalue weighted by atomic mass is 35.5. The Morgan fingerprint density at radius 2 is 1.88 bits per heavy atom. The van der Waals surface area contributed by atoms with Gasteiger partial charge in [0.15, 0.2) is 0 Å². The van der Waals surface area contributed by atoms with Crippen LogP contribution in [0.4, 0.5) is 4.39 Å². The van der Waals surface area contributed by atoms with Crippen LogP contribution in [0.3, 0.4) is 0 Å². The first kappa shape index (κ1) is 28.8. The Labute approximate surface area is 251 Å². The van der Waals surface area contributed by atoms with Crippen molar-refractivity contribution in [1.29, 1.82) is 0 Å². The molecule has 0 saturated carbocycles. The van der Waals surface area contributed by atoms with Crippen molar-refractivity contribution in [2.75, 3.05) is 19.7 Å². The van der Waals surface area contributed by atoms with Gasteiger partial charge in [0.05, 0.1) is 29.2 Å². The number of likely N-dealkylation sites (tertiary alicyclic amines) is 1. The molecule has 0 spiro atoms. The zero-order valence-electron chi connectivity index (χ0n) is 23.9. The highest BCUT2D eigenvalue weighted by molar-refractivity contribution is 6.39. The van der Waals surface area contributed by atoms with E-state index in [-0.39, 0.29) is 29.4 Å². The molecule has 2 saturated heterocycles. The number of rotatable bonds is 9. The van der Waals surface area contributed by atoms with Gasteiger partial charge in [-0.1, -0.05) is 35.9 Å². The summed E-state index contributed by atoms with van der Waals surface area (Å²) >= 11 is 5.90. The topological polar surface area (TPSA) is 76.8 Å². The molecule has 3 aromatic carbocycles. The fourth-order valence-electron chi connectivity index (χ4n) is 6.17. The van der Waals surface area contributed by atoms with Crippen molar-refractivity contribution in [3.05, 3.63) is 94.0 Å². The van der Waals surface area contributed by atoms with Crippen molar-refractivity contribution in [1.82, 2.24) is 14.5 Å². The fourth-order valence-corrected chi connectivity index (χ4v) is 6.33. The van der Waals surface area contributed by atoms with Gasteiger partial charge >= 0.3 is 5.97 Å². The molecular formula is C31H33B2ClFN3O4. The smallest absolute Gasteiger partial charge is 0.335 e. The molecule has 0 aliphatic carbocycles. The van der Waals surface area contributed by atoms with E-state index in [4.69, 9.17) is 26.1 Å². The average molecular weight is 588 g/mol. The molecule has 1 N–H and O–H groups in total. The van der Waals surface area contributed by atoms with Gasteiger partial charge in [-0.05, 0) is 80.2 Å². The molecule has 2 aliphatic heterocycles. The van der Waals surface area contributed by atoms with Crippen molar-refractivity contribution in [3.63, 3.8) is 0 Å². The van der Waals surface area contributed by atoms with Gasteiger partial charge in [0.1, 0.15) is 39.7 Å². The van der Waals surface area contributed by atoms with Crippen LogP contribution in [0.25, 0.3) is 11.0 Å². The lowest BCUT2D eigenvalue weighted by molar-refractivity contribution is -0.0594. The third kappa shape index (κ3) is 5.68. The molecule has 42 heavy (non-hydrogen) atoms. The second kappa shape index (κ2) is 11.7. The van der Waals surface area contributed by atoms with Crippen LogP contribution < -0.4 is 4.74 Å². The number of carboxylic acids is 1. The SMILES string of the molecule is BC(B)(c1nc2ccc(C(=O)O)cc2n1C[C@@H]1CCO1)N1CCC(c2ccccc2OCc2ccc(Cl)cc2F)CC1. The number of para-hydroxylation sites is 1. The third-order valence-electron chi connectivity index (χ3n) is 8.76. The summed E-state index contributed by atoms with van der Waals surface area (Å²) in [5.41, 5.74) is 3.48. The highest BCUT2D eigenvalue weighted by Crippen LogP contribution is 2.38. The van der Waals surface area contributed by atoms with Gasteiger partial charge in [-0.2, -0.15) is 0 Å². The predicted octanol–water partition coefficient (Wildman–Crippen LogP) is 4.15. The summed E-state index contributed by atoms with van der Waals surface area (Å²) in [6.07, 6.45) is 2.96. The first-order valence-electron chi connectivity index (χ1n) is 14.5. The lowest BCUT2D eigenvalue weighted by atomic mass is 9.59.